The minimum absolute atomic E-state index is 0.178. The zero-order chi connectivity index (χ0) is 22.6. The summed E-state index contributed by atoms with van der Waals surface area (Å²) in [6, 6.07) is 12.4. The smallest absolute Gasteiger partial charge is 0.492 e. The number of aryl methyl sites for hydroxylation is 1. The molecule has 0 saturated heterocycles. The standard InChI is InChI=1S/C24H19F3N2O3/c25-24(26,27)32-19-6-3-17(4-7-19)18-5-8-22-20(15-18)21(30)14-16(10-13-31-22)2-9-23-28-11-1-12-29-23/h1,3-8,11-12,14-15H,2,9-10,13H2/b16-14-. The van der Waals surface area contributed by atoms with Crippen molar-refractivity contribution in [1.29, 1.82) is 0 Å². The largest absolute Gasteiger partial charge is 0.573 e. The molecule has 4 rings (SSSR count). The van der Waals surface area contributed by atoms with Crippen molar-refractivity contribution in [3.05, 3.63) is 84.0 Å². The molecule has 0 amide bonds. The fourth-order valence-electron chi connectivity index (χ4n) is 3.43. The van der Waals surface area contributed by atoms with E-state index >= 15 is 0 Å². The zero-order valence-electron chi connectivity index (χ0n) is 16.9. The van der Waals surface area contributed by atoms with E-state index in [9.17, 15) is 18.0 Å². The first kappa shape index (κ1) is 21.5. The number of alkyl halides is 3. The molecule has 0 radical (unpaired) electrons. The SMILES string of the molecule is O=C1/C=C(/CCc2ncccn2)CCOc2ccc(-c3ccc(OC(F)(F)F)cc3)cc21. The Kier molecular flexibility index (Phi) is 6.20. The van der Waals surface area contributed by atoms with E-state index in [1.54, 1.807) is 42.7 Å². The minimum Gasteiger partial charge on any atom is -0.492 e. The summed E-state index contributed by atoms with van der Waals surface area (Å²) < 4.78 is 46.8. The van der Waals surface area contributed by atoms with Crippen LogP contribution in [0.1, 0.15) is 29.0 Å². The molecule has 5 nitrogen and oxygen atoms in total. The quantitative estimate of drug-likeness (QED) is 0.519. The number of carbonyl (C=O) groups is 1. The molecule has 2 heterocycles. The zero-order valence-corrected chi connectivity index (χ0v) is 16.9. The van der Waals surface area contributed by atoms with Crippen LogP contribution in [-0.4, -0.2) is 28.7 Å². The van der Waals surface area contributed by atoms with Gasteiger partial charge in [-0.1, -0.05) is 23.8 Å². The summed E-state index contributed by atoms with van der Waals surface area (Å²) >= 11 is 0. The van der Waals surface area contributed by atoms with Crippen molar-refractivity contribution in [2.75, 3.05) is 6.61 Å². The molecule has 0 fully saturated rings. The Balaban J connectivity index is 1.53. The van der Waals surface area contributed by atoms with E-state index in [0.717, 1.165) is 5.57 Å². The average Bonchev–Trinajstić information content (AvgIpc) is 2.76. The van der Waals surface area contributed by atoms with Gasteiger partial charge in [-0.25, -0.2) is 9.97 Å². The molecule has 0 atom stereocenters. The summed E-state index contributed by atoms with van der Waals surface area (Å²) in [4.78, 5) is 21.4. The lowest BCUT2D eigenvalue weighted by molar-refractivity contribution is -0.274. The highest BCUT2D eigenvalue weighted by Gasteiger charge is 2.31. The van der Waals surface area contributed by atoms with Gasteiger partial charge in [-0.2, -0.15) is 0 Å². The number of aromatic nitrogens is 2. The van der Waals surface area contributed by atoms with Crippen molar-refractivity contribution >= 4 is 5.78 Å². The van der Waals surface area contributed by atoms with Crippen LogP contribution in [0, 0.1) is 0 Å². The fourth-order valence-corrected chi connectivity index (χ4v) is 3.43. The Morgan fingerprint density at radius 1 is 0.969 bits per heavy atom. The molecule has 1 aliphatic rings. The lowest BCUT2D eigenvalue weighted by atomic mass is 9.97. The Labute approximate surface area is 182 Å². The van der Waals surface area contributed by atoms with Crippen molar-refractivity contribution in [2.24, 2.45) is 0 Å². The number of allylic oxidation sites excluding steroid dienone is 1. The Bertz CT molecular complexity index is 1130. The lowest BCUT2D eigenvalue weighted by Gasteiger charge is -2.16. The molecule has 8 heteroatoms. The van der Waals surface area contributed by atoms with E-state index in [2.05, 4.69) is 14.7 Å². The number of carbonyl (C=O) groups excluding carboxylic acids is 1. The van der Waals surface area contributed by atoms with E-state index in [1.165, 1.54) is 24.3 Å². The van der Waals surface area contributed by atoms with Gasteiger partial charge in [0.15, 0.2) is 5.78 Å². The topological polar surface area (TPSA) is 61.3 Å². The maximum Gasteiger partial charge on any atom is 0.573 e. The molecule has 0 unspecified atom stereocenters. The van der Waals surface area contributed by atoms with Crippen LogP contribution in [0.4, 0.5) is 13.2 Å². The van der Waals surface area contributed by atoms with Crippen molar-refractivity contribution in [2.45, 2.75) is 25.6 Å². The van der Waals surface area contributed by atoms with Gasteiger partial charge in [0.2, 0.25) is 0 Å². The molecular weight excluding hydrogens is 421 g/mol. The Hall–Kier alpha value is -3.68. The summed E-state index contributed by atoms with van der Waals surface area (Å²) in [5, 5.41) is 0. The van der Waals surface area contributed by atoms with Crippen LogP contribution in [-0.2, 0) is 6.42 Å². The van der Waals surface area contributed by atoms with Crippen LogP contribution in [0.3, 0.4) is 0 Å². The maximum atomic E-state index is 12.9. The van der Waals surface area contributed by atoms with Gasteiger partial charge in [0, 0.05) is 25.2 Å². The first-order valence-electron chi connectivity index (χ1n) is 10.00. The predicted molar refractivity (Wildman–Crippen MR) is 111 cm³/mol. The molecule has 3 aromatic rings. The second-order valence-electron chi connectivity index (χ2n) is 7.21. The lowest BCUT2D eigenvalue weighted by Crippen LogP contribution is -2.16. The summed E-state index contributed by atoms with van der Waals surface area (Å²) in [7, 11) is 0. The van der Waals surface area contributed by atoms with Crippen molar-refractivity contribution in [3.8, 4) is 22.6 Å². The van der Waals surface area contributed by atoms with Gasteiger partial charge in [-0.15, -0.1) is 13.2 Å². The molecule has 0 bridgehead atoms. The Morgan fingerprint density at radius 3 is 2.41 bits per heavy atom. The third kappa shape index (κ3) is 5.51. The molecule has 164 valence electrons. The molecule has 0 aliphatic carbocycles. The van der Waals surface area contributed by atoms with Gasteiger partial charge in [0.05, 0.1) is 12.2 Å². The highest BCUT2D eigenvalue weighted by Crippen LogP contribution is 2.31. The van der Waals surface area contributed by atoms with Crippen LogP contribution in [0.2, 0.25) is 0 Å². The van der Waals surface area contributed by atoms with E-state index in [-0.39, 0.29) is 11.5 Å². The second-order valence-corrected chi connectivity index (χ2v) is 7.21. The molecule has 0 N–H and O–H groups in total. The summed E-state index contributed by atoms with van der Waals surface area (Å²) in [5.74, 6) is 0.714. The number of benzene rings is 2. The number of nitrogens with zero attached hydrogens (tertiary/aromatic N) is 2. The highest BCUT2D eigenvalue weighted by atomic mass is 19.4. The van der Waals surface area contributed by atoms with Crippen LogP contribution >= 0.6 is 0 Å². The normalized spacial score (nSPS) is 15.6. The first-order chi connectivity index (χ1) is 15.4. The number of fused-ring (bicyclic) bond motifs is 1. The van der Waals surface area contributed by atoms with Gasteiger partial charge < -0.3 is 9.47 Å². The number of ketones is 1. The number of rotatable bonds is 5. The van der Waals surface area contributed by atoms with Crippen LogP contribution in [0.15, 0.2) is 72.6 Å². The minimum atomic E-state index is -4.75. The van der Waals surface area contributed by atoms with E-state index in [1.807, 2.05) is 0 Å². The van der Waals surface area contributed by atoms with Crippen molar-refractivity contribution < 1.29 is 27.4 Å². The summed E-state index contributed by atoms with van der Waals surface area (Å²) in [6.07, 6.45) is 2.15. The monoisotopic (exact) mass is 440 g/mol. The van der Waals surface area contributed by atoms with Crippen molar-refractivity contribution in [3.63, 3.8) is 0 Å². The molecule has 1 aliphatic heterocycles. The second kappa shape index (κ2) is 9.21. The van der Waals surface area contributed by atoms with E-state index in [4.69, 9.17) is 4.74 Å². The number of hydrogen-bond acceptors (Lipinski definition) is 5. The maximum absolute atomic E-state index is 12.9. The number of ether oxygens (including phenoxy) is 2. The molecule has 0 saturated carbocycles. The third-order valence-electron chi connectivity index (χ3n) is 4.97. The van der Waals surface area contributed by atoms with E-state index < -0.39 is 6.36 Å². The molecule has 0 spiro atoms. The van der Waals surface area contributed by atoms with Crippen LogP contribution < -0.4 is 9.47 Å². The van der Waals surface area contributed by atoms with Crippen LogP contribution in [0.5, 0.6) is 11.5 Å². The molecule has 2 aromatic carbocycles. The molecule has 1 aromatic heterocycles. The van der Waals surface area contributed by atoms with Gasteiger partial charge >= 0.3 is 6.36 Å². The van der Waals surface area contributed by atoms with Crippen molar-refractivity contribution in [1.82, 2.24) is 9.97 Å². The first-order valence-corrected chi connectivity index (χ1v) is 10.00. The Morgan fingerprint density at radius 2 is 1.69 bits per heavy atom. The fraction of sp³-hybridized carbons (Fsp3) is 0.208. The van der Waals surface area contributed by atoms with Gasteiger partial charge in [0.25, 0.3) is 0 Å². The average molecular weight is 440 g/mol. The van der Waals surface area contributed by atoms with Gasteiger partial charge in [-0.3, -0.25) is 4.79 Å². The molecule has 32 heavy (non-hydrogen) atoms. The van der Waals surface area contributed by atoms with Gasteiger partial charge in [0.1, 0.15) is 17.3 Å². The summed E-state index contributed by atoms with van der Waals surface area (Å²) in [6.45, 7) is 0.435. The summed E-state index contributed by atoms with van der Waals surface area (Å²) in [5.41, 5.74) is 2.70. The molecular formula is C24H19F3N2O3. The number of hydrogen-bond donors (Lipinski definition) is 0. The number of halogens is 3. The van der Waals surface area contributed by atoms with Crippen LogP contribution in [0.25, 0.3) is 11.1 Å². The third-order valence-corrected chi connectivity index (χ3v) is 4.97. The van der Waals surface area contributed by atoms with Gasteiger partial charge in [-0.05, 0) is 54.0 Å². The predicted octanol–water partition coefficient (Wildman–Crippen LogP) is 5.57. The van der Waals surface area contributed by atoms with E-state index in [0.29, 0.717) is 54.1 Å². The highest BCUT2D eigenvalue weighted by molar-refractivity contribution is 6.07.